The van der Waals surface area contributed by atoms with Crippen molar-refractivity contribution >= 4 is 28.4 Å². The SMILES string of the molecule is O=C(CSc1nc2ccccc2c(=O)n1CCCO)c1ccc2c(c1)OCO2. The summed E-state index contributed by atoms with van der Waals surface area (Å²) in [6, 6.07) is 12.2. The molecule has 0 spiro atoms. The number of nitrogens with zero attached hydrogens (tertiary/aromatic N) is 2. The molecule has 1 aliphatic rings. The molecule has 0 saturated heterocycles. The molecule has 7 nitrogen and oxygen atoms in total. The smallest absolute Gasteiger partial charge is 0.262 e. The lowest BCUT2D eigenvalue weighted by atomic mass is 10.1. The second-order valence-corrected chi connectivity index (χ2v) is 7.17. The van der Waals surface area contributed by atoms with E-state index >= 15 is 0 Å². The average Bonchev–Trinajstić information content (AvgIpc) is 3.19. The van der Waals surface area contributed by atoms with Crippen LogP contribution in [0.25, 0.3) is 10.9 Å². The summed E-state index contributed by atoms with van der Waals surface area (Å²) in [5.74, 6) is 1.21. The Morgan fingerprint density at radius 3 is 2.86 bits per heavy atom. The van der Waals surface area contributed by atoms with Gasteiger partial charge in [-0.05, 0) is 36.8 Å². The second kappa shape index (κ2) is 8.04. The van der Waals surface area contributed by atoms with Gasteiger partial charge in [0.15, 0.2) is 22.4 Å². The van der Waals surface area contributed by atoms with Gasteiger partial charge in [0.05, 0.1) is 16.7 Å². The molecular formula is C20H18N2O5S. The third-order valence-corrected chi connectivity index (χ3v) is 5.37. The zero-order valence-corrected chi connectivity index (χ0v) is 15.8. The summed E-state index contributed by atoms with van der Waals surface area (Å²) in [6.45, 7) is 0.465. The third kappa shape index (κ3) is 3.61. The maximum absolute atomic E-state index is 12.8. The van der Waals surface area contributed by atoms with E-state index in [1.807, 2.05) is 6.07 Å². The summed E-state index contributed by atoms with van der Waals surface area (Å²) >= 11 is 1.21. The lowest BCUT2D eigenvalue weighted by Crippen LogP contribution is -2.24. The number of aliphatic hydroxyl groups excluding tert-OH is 1. The van der Waals surface area contributed by atoms with Crippen molar-refractivity contribution in [3.63, 3.8) is 0 Å². The largest absolute Gasteiger partial charge is 0.454 e. The Labute approximate surface area is 164 Å². The molecule has 0 fully saturated rings. The summed E-state index contributed by atoms with van der Waals surface area (Å²) in [4.78, 5) is 30.0. The van der Waals surface area contributed by atoms with Crippen molar-refractivity contribution in [2.75, 3.05) is 19.2 Å². The Morgan fingerprint density at radius 1 is 1.18 bits per heavy atom. The molecule has 0 unspecified atom stereocenters. The van der Waals surface area contributed by atoms with Crippen molar-refractivity contribution in [3.05, 3.63) is 58.4 Å². The lowest BCUT2D eigenvalue weighted by molar-refractivity contribution is 0.102. The number of hydrogen-bond acceptors (Lipinski definition) is 7. The first-order valence-electron chi connectivity index (χ1n) is 8.83. The van der Waals surface area contributed by atoms with Gasteiger partial charge in [-0.25, -0.2) is 4.98 Å². The quantitative estimate of drug-likeness (QED) is 0.371. The zero-order chi connectivity index (χ0) is 19.5. The monoisotopic (exact) mass is 398 g/mol. The molecule has 0 radical (unpaired) electrons. The summed E-state index contributed by atoms with van der Waals surface area (Å²) in [6.07, 6.45) is 0.434. The number of hydrogen-bond donors (Lipinski definition) is 1. The zero-order valence-electron chi connectivity index (χ0n) is 15.0. The highest BCUT2D eigenvalue weighted by atomic mass is 32.2. The van der Waals surface area contributed by atoms with Gasteiger partial charge in [0, 0.05) is 18.7 Å². The van der Waals surface area contributed by atoms with Crippen LogP contribution in [0.2, 0.25) is 0 Å². The van der Waals surface area contributed by atoms with Gasteiger partial charge in [0.25, 0.3) is 5.56 Å². The number of ketones is 1. The first-order valence-corrected chi connectivity index (χ1v) is 9.82. The number of Topliss-reactive ketones (excluding diaryl/α,β-unsaturated/α-hetero) is 1. The summed E-state index contributed by atoms with van der Waals surface area (Å²) in [5, 5.41) is 10.1. The van der Waals surface area contributed by atoms with E-state index in [2.05, 4.69) is 4.98 Å². The van der Waals surface area contributed by atoms with Crippen LogP contribution in [0.4, 0.5) is 0 Å². The summed E-state index contributed by atoms with van der Waals surface area (Å²) in [5.41, 5.74) is 0.935. The standard InChI is InChI=1S/C20H18N2O5S/c23-9-3-8-22-19(25)14-4-1-2-5-15(14)21-20(22)28-11-16(24)13-6-7-17-18(10-13)27-12-26-17/h1-2,4-7,10,23H,3,8-9,11-12H2. The maximum atomic E-state index is 12.8. The topological polar surface area (TPSA) is 90.7 Å². The first-order chi connectivity index (χ1) is 13.7. The number of aliphatic hydroxyl groups is 1. The van der Waals surface area contributed by atoms with E-state index < -0.39 is 0 Å². The van der Waals surface area contributed by atoms with E-state index in [1.165, 1.54) is 16.3 Å². The van der Waals surface area contributed by atoms with Crippen LogP contribution in [0.1, 0.15) is 16.8 Å². The second-order valence-electron chi connectivity index (χ2n) is 6.23. The van der Waals surface area contributed by atoms with Crippen LogP contribution in [0.15, 0.2) is 52.4 Å². The molecule has 1 aromatic heterocycles. The fraction of sp³-hybridized carbons (Fsp3) is 0.250. The molecule has 2 heterocycles. The Morgan fingerprint density at radius 2 is 2.00 bits per heavy atom. The highest BCUT2D eigenvalue weighted by Crippen LogP contribution is 2.33. The van der Waals surface area contributed by atoms with Gasteiger partial charge in [-0.15, -0.1) is 0 Å². The van der Waals surface area contributed by atoms with Gasteiger partial charge < -0.3 is 14.6 Å². The van der Waals surface area contributed by atoms with Gasteiger partial charge in [0.2, 0.25) is 6.79 Å². The lowest BCUT2D eigenvalue weighted by Gasteiger charge is -2.12. The van der Waals surface area contributed by atoms with Crippen LogP contribution in [0.3, 0.4) is 0 Å². The van der Waals surface area contributed by atoms with Crippen LogP contribution in [0, 0.1) is 0 Å². The van der Waals surface area contributed by atoms with E-state index in [1.54, 1.807) is 36.4 Å². The number of aromatic nitrogens is 2. The molecule has 0 amide bonds. The van der Waals surface area contributed by atoms with E-state index in [0.29, 0.717) is 46.1 Å². The molecule has 144 valence electrons. The summed E-state index contributed by atoms with van der Waals surface area (Å²) < 4.78 is 12.1. The number of para-hydroxylation sites is 1. The molecule has 4 rings (SSSR count). The van der Waals surface area contributed by atoms with Crippen molar-refractivity contribution in [2.45, 2.75) is 18.1 Å². The van der Waals surface area contributed by atoms with Crippen LogP contribution in [0.5, 0.6) is 11.5 Å². The first kappa shape index (κ1) is 18.5. The Hall–Kier alpha value is -2.84. The Kier molecular flexibility index (Phi) is 5.31. The fourth-order valence-electron chi connectivity index (χ4n) is 2.97. The molecule has 0 saturated carbocycles. The van der Waals surface area contributed by atoms with Crippen molar-refractivity contribution < 1.29 is 19.4 Å². The average molecular weight is 398 g/mol. The van der Waals surface area contributed by atoms with Crippen molar-refractivity contribution in [3.8, 4) is 11.5 Å². The molecule has 0 atom stereocenters. The molecule has 3 aromatic rings. The Balaban J connectivity index is 1.59. The van der Waals surface area contributed by atoms with Gasteiger partial charge >= 0.3 is 0 Å². The van der Waals surface area contributed by atoms with Gasteiger partial charge in [-0.1, -0.05) is 23.9 Å². The number of thioether (sulfide) groups is 1. The molecule has 28 heavy (non-hydrogen) atoms. The molecule has 1 N–H and O–H groups in total. The Bertz CT molecular complexity index is 1100. The van der Waals surface area contributed by atoms with Crippen LogP contribution in [-0.2, 0) is 6.54 Å². The van der Waals surface area contributed by atoms with Gasteiger partial charge in [-0.3, -0.25) is 14.2 Å². The molecular weight excluding hydrogens is 380 g/mol. The number of carbonyl (C=O) groups excluding carboxylic acids is 1. The number of fused-ring (bicyclic) bond motifs is 2. The van der Waals surface area contributed by atoms with Crippen LogP contribution in [-0.4, -0.2) is 39.6 Å². The molecule has 0 aliphatic carbocycles. The van der Waals surface area contributed by atoms with Crippen LogP contribution < -0.4 is 15.0 Å². The number of benzene rings is 2. The molecule has 2 aromatic carbocycles. The van der Waals surface area contributed by atoms with Crippen molar-refractivity contribution in [1.82, 2.24) is 9.55 Å². The highest BCUT2D eigenvalue weighted by Gasteiger charge is 2.18. The highest BCUT2D eigenvalue weighted by molar-refractivity contribution is 7.99. The minimum Gasteiger partial charge on any atom is -0.454 e. The molecule has 0 bridgehead atoms. The van der Waals surface area contributed by atoms with E-state index in [9.17, 15) is 9.59 Å². The van der Waals surface area contributed by atoms with Gasteiger partial charge in [-0.2, -0.15) is 0 Å². The minimum absolute atomic E-state index is 0.0283. The minimum atomic E-state index is -0.169. The molecule has 8 heteroatoms. The number of carbonyl (C=O) groups is 1. The van der Waals surface area contributed by atoms with E-state index in [-0.39, 0.29) is 30.5 Å². The third-order valence-electron chi connectivity index (χ3n) is 4.39. The van der Waals surface area contributed by atoms with Gasteiger partial charge in [0.1, 0.15) is 0 Å². The maximum Gasteiger partial charge on any atom is 0.262 e. The van der Waals surface area contributed by atoms with Crippen molar-refractivity contribution in [2.24, 2.45) is 0 Å². The fourth-order valence-corrected chi connectivity index (χ4v) is 3.89. The number of ether oxygens (including phenoxy) is 2. The number of rotatable bonds is 7. The molecule has 1 aliphatic heterocycles. The predicted molar refractivity (Wildman–Crippen MR) is 105 cm³/mol. The van der Waals surface area contributed by atoms with E-state index in [0.717, 1.165) is 0 Å². The van der Waals surface area contributed by atoms with Crippen molar-refractivity contribution in [1.29, 1.82) is 0 Å². The van der Waals surface area contributed by atoms with E-state index in [4.69, 9.17) is 14.6 Å². The normalized spacial score (nSPS) is 12.5. The van der Waals surface area contributed by atoms with Crippen LogP contribution >= 0.6 is 11.8 Å². The summed E-state index contributed by atoms with van der Waals surface area (Å²) in [7, 11) is 0. The predicted octanol–water partition coefficient (Wildman–Crippen LogP) is 2.48.